The fourth-order valence-electron chi connectivity index (χ4n) is 2.34. The highest BCUT2D eigenvalue weighted by Gasteiger charge is 2.35. The standard InChI is InChI=1S/C14H16FN3O6S/c1-24-14(21)8-7-18(5-6-19)13(20)11(8)17-12-9(15)3-2-4-10(12)25(16,22)23/h2-4,17,19H,5-7H2,1H3,(H2,16,22,23). The summed E-state index contributed by atoms with van der Waals surface area (Å²) >= 11 is 0. The normalized spacial score (nSPS) is 14.9. The fourth-order valence-corrected chi connectivity index (χ4v) is 3.04. The van der Waals surface area contributed by atoms with Crippen LogP contribution in [0.2, 0.25) is 0 Å². The summed E-state index contributed by atoms with van der Waals surface area (Å²) in [6.45, 7) is -0.590. The second-order valence-electron chi connectivity index (χ2n) is 5.08. The number of halogens is 1. The number of aliphatic hydroxyl groups is 1. The van der Waals surface area contributed by atoms with E-state index in [-0.39, 0.29) is 31.0 Å². The Labute approximate surface area is 142 Å². The van der Waals surface area contributed by atoms with E-state index in [1.165, 1.54) is 0 Å². The molecule has 1 aliphatic rings. The molecule has 0 aliphatic carbocycles. The van der Waals surface area contributed by atoms with Gasteiger partial charge in [0.15, 0.2) is 0 Å². The molecule has 1 aromatic rings. The molecule has 2 rings (SSSR count). The monoisotopic (exact) mass is 373 g/mol. The first kappa shape index (κ1) is 18.8. The van der Waals surface area contributed by atoms with E-state index in [0.717, 1.165) is 30.2 Å². The Morgan fingerprint density at radius 2 is 2.16 bits per heavy atom. The molecule has 136 valence electrons. The van der Waals surface area contributed by atoms with E-state index in [2.05, 4.69) is 10.1 Å². The number of nitrogens with one attached hydrogen (secondary N) is 1. The van der Waals surface area contributed by atoms with Crippen LogP contribution in [0.25, 0.3) is 0 Å². The molecule has 0 bridgehead atoms. The van der Waals surface area contributed by atoms with Crippen LogP contribution in [-0.4, -0.2) is 57.1 Å². The van der Waals surface area contributed by atoms with Gasteiger partial charge in [-0.25, -0.2) is 22.7 Å². The Morgan fingerprint density at radius 1 is 1.48 bits per heavy atom. The van der Waals surface area contributed by atoms with Gasteiger partial charge in [0.05, 0.1) is 31.5 Å². The number of carbonyl (C=O) groups excluding carboxylic acids is 2. The van der Waals surface area contributed by atoms with E-state index in [9.17, 15) is 22.4 Å². The average molecular weight is 373 g/mol. The SMILES string of the molecule is COC(=O)C1=C(Nc2c(F)cccc2S(N)(=O)=O)C(=O)N(CCO)C1. The maximum atomic E-state index is 14.1. The third kappa shape index (κ3) is 3.78. The summed E-state index contributed by atoms with van der Waals surface area (Å²) in [5.74, 6) is -2.53. The lowest BCUT2D eigenvalue weighted by Crippen LogP contribution is -2.31. The summed E-state index contributed by atoms with van der Waals surface area (Å²) in [5, 5.41) is 16.4. The third-order valence-electron chi connectivity index (χ3n) is 3.49. The van der Waals surface area contributed by atoms with Crippen molar-refractivity contribution in [2.75, 3.05) is 32.1 Å². The van der Waals surface area contributed by atoms with E-state index in [1.54, 1.807) is 0 Å². The highest BCUT2D eigenvalue weighted by molar-refractivity contribution is 7.89. The zero-order valence-electron chi connectivity index (χ0n) is 13.2. The number of para-hydroxylation sites is 1. The van der Waals surface area contributed by atoms with Crippen molar-refractivity contribution in [3.63, 3.8) is 0 Å². The largest absolute Gasteiger partial charge is 0.466 e. The van der Waals surface area contributed by atoms with Crippen molar-refractivity contribution in [3.8, 4) is 0 Å². The molecular formula is C14H16FN3O6S. The predicted octanol–water partition coefficient (Wildman–Crippen LogP) is -0.853. The molecular weight excluding hydrogens is 357 g/mol. The van der Waals surface area contributed by atoms with Gasteiger partial charge in [-0.05, 0) is 12.1 Å². The second-order valence-corrected chi connectivity index (χ2v) is 6.61. The highest BCUT2D eigenvalue weighted by atomic mass is 32.2. The number of ether oxygens (including phenoxy) is 1. The number of sulfonamides is 1. The number of nitrogens with two attached hydrogens (primary N) is 1. The predicted molar refractivity (Wildman–Crippen MR) is 84.1 cm³/mol. The maximum absolute atomic E-state index is 14.1. The minimum absolute atomic E-state index is 0.0657. The highest BCUT2D eigenvalue weighted by Crippen LogP contribution is 2.28. The number of esters is 1. The molecule has 11 heteroatoms. The number of rotatable bonds is 6. The molecule has 4 N–H and O–H groups in total. The lowest BCUT2D eigenvalue weighted by atomic mass is 10.2. The molecule has 0 aromatic heterocycles. The van der Waals surface area contributed by atoms with E-state index in [1.807, 2.05) is 0 Å². The lowest BCUT2D eigenvalue weighted by Gasteiger charge is -2.16. The van der Waals surface area contributed by atoms with Gasteiger partial charge >= 0.3 is 5.97 Å². The van der Waals surface area contributed by atoms with Crippen LogP contribution in [0, 0.1) is 5.82 Å². The van der Waals surface area contributed by atoms with E-state index in [0.29, 0.717) is 0 Å². The topological polar surface area (TPSA) is 139 Å². The molecule has 0 unspecified atom stereocenters. The van der Waals surface area contributed by atoms with Crippen molar-refractivity contribution in [1.82, 2.24) is 4.90 Å². The van der Waals surface area contributed by atoms with Crippen molar-refractivity contribution < 1.29 is 32.2 Å². The van der Waals surface area contributed by atoms with Gasteiger partial charge in [-0.15, -0.1) is 0 Å². The summed E-state index contributed by atoms with van der Waals surface area (Å²) < 4.78 is 42.0. The summed E-state index contributed by atoms with van der Waals surface area (Å²) in [7, 11) is -3.19. The second kappa shape index (κ2) is 7.17. The molecule has 0 saturated carbocycles. The van der Waals surface area contributed by atoms with Gasteiger partial charge in [-0.1, -0.05) is 6.07 Å². The van der Waals surface area contributed by atoms with Crippen LogP contribution in [0.1, 0.15) is 0 Å². The number of methoxy groups -OCH3 is 1. The molecule has 0 saturated heterocycles. The van der Waals surface area contributed by atoms with Gasteiger partial charge in [0.1, 0.15) is 16.4 Å². The Kier molecular flexibility index (Phi) is 5.40. The van der Waals surface area contributed by atoms with Crippen LogP contribution in [0.5, 0.6) is 0 Å². The number of anilines is 1. The van der Waals surface area contributed by atoms with E-state index < -0.39 is 38.3 Å². The third-order valence-corrected chi connectivity index (χ3v) is 4.44. The van der Waals surface area contributed by atoms with Gasteiger partial charge in [-0.2, -0.15) is 0 Å². The van der Waals surface area contributed by atoms with Gasteiger partial charge in [0.2, 0.25) is 10.0 Å². The van der Waals surface area contributed by atoms with Crippen LogP contribution < -0.4 is 10.5 Å². The summed E-state index contributed by atoms with van der Waals surface area (Å²) in [6, 6.07) is 3.18. The Balaban J connectivity index is 2.53. The number of hydrogen-bond acceptors (Lipinski definition) is 7. The summed E-state index contributed by atoms with van der Waals surface area (Å²) in [6.07, 6.45) is 0. The number of β-amino-alcohol motifs (C(OH)–C–C–N with tert-alkyl or cyclic N) is 1. The van der Waals surface area contributed by atoms with Crippen molar-refractivity contribution in [2.45, 2.75) is 4.90 Å². The number of amides is 1. The number of nitrogens with zero attached hydrogens (tertiary/aromatic N) is 1. The van der Waals surface area contributed by atoms with E-state index >= 15 is 0 Å². The molecule has 1 heterocycles. The first-order valence-electron chi connectivity index (χ1n) is 7.00. The molecule has 1 aromatic carbocycles. The van der Waals surface area contributed by atoms with Gasteiger partial charge in [0.25, 0.3) is 5.91 Å². The molecule has 0 fully saturated rings. The van der Waals surface area contributed by atoms with Crippen LogP contribution in [0.3, 0.4) is 0 Å². The number of carbonyl (C=O) groups is 2. The first-order chi connectivity index (χ1) is 11.7. The maximum Gasteiger partial charge on any atom is 0.337 e. The minimum Gasteiger partial charge on any atom is -0.466 e. The molecule has 0 spiro atoms. The van der Waals surface area contributed by atoms with Crippen molar-refractivity contribution >= 4 is 27.6 Å². The summed E-state index contributed by atoms with van der Waals surface area (Å²) in [5.41, 5.74) is -1.01. The number of primary sulfonamides is 1. The lowest BCUT2D eigenvalue weighted by molar-refractivity contribution is -0.136. The first-order valence-corrected chi connectivity index (χ1v) is 8.55. The number of aliphatic hydroxyl groups excluding tert-OH is 1. The average Bonchev–Trinajstić information content (AvgIpc) is 2.85. The van der Waals surface area contributed by atoms with E-state index in [4.69, 9.17) is 10.2 Å². The summed E-state index contributed by atoms with van der Waals surface area (Å²) in [4.78, 5) is 24.8. The van der Waals surface area contributed by atoms with Crippen molar-refractivity contribution in [3.05, 3.63) is 35.3 Å². The van der Waals surface area contributed by atoms with Crippen LogP contribution in [-0.2, 0) is 24.3 Å². The zero-order chi connectivity index (χ0) is 18.8. The quantitative estimate of drug-likeness (QED) is 0.552. The van der Waals surface area contributed by atoms with Gasteiger partial charge < -0.3 is 20.1 Å². The molecule has 0 atom stereocenters. The van der Waals surface area contributed by atoms with Crippen LogP contribution in [0.15, 0.2) is 34.4 Å². The number of hydrogen-bond donors (Lipinski definition) is 3. The Morgan fingerprint density at radius 3 is 2.72 bits per heavy atom. The van der Waals surface area contributed by atoms with Crippen molar-refractivity contribution in [1.29, 1.82) is 0 Å². The molecule has 1 amide bonds. The van der Waals surface area contributed by atoms with Crippen LogP contribution in [0.4, 0.5) is 10.1 Å². The molecule has 1 aliphatic heterocycles. The minimum atomic E-state index is -4.29. The Hall–Kier alpha value is -2.50. The van der Waals surface area contributed by atoms with Crippen molar-refractivity contribution in [2.24, 2.45) is 5.14 Å². The molecule has 9 nitrogen and oxygen atoms in total. The number of benzene rings is 1. The molecule has 25 heavy (non-hydrogen) atoms. The fraction of sp³-hybridized carbons (Fsp3) is 0.286. The Bertz CT molecular complexity index is 852. The van der Waals surface area contributed by atoms with Gasteiger partial charge in [0, 0.05) is 6.54 Å². The van der Waals surface area contributed by atoms with Crippen LogP contribution >= 0.6 is 0 Å². The van der Waals surface area contributed by atoms with Gasteiger partial charge in [-0.3, -0.25) is 4.79 Å². The molecule has 0 radical (unpaired) electrons. The zero-order valence-corrected chi connectivity index (χ0v) is 14.0. The smallest absolute Gasteiger partial charge is 0.337 e.